The minimum Gasteiger partial charge on any atom is -0.395 e. The van der Waals surface area contributed by atoms with Crippen molar-refractivity contribution in [3.63, 3.8) is 0 Å². The van der Waals surface area contributed by atoms with E-state index < -0.39 is 6.10 Å². The molecule has 1 aromatic heterocycles. The molecular formula is C14H22N2O2. The molecule has 0 amide bonds. The third-order valence-corrected chi connectivity index (χ3v) is 3.69. The summed E-state index contributed by atoms with van der Waals surface area (Å²) < 4.78 is 0. The van der Waals surface area contributed by atoms with Crippen LogP contribution in [0.5, 0.6) is 0 Å². The highest BCUT2D eigenvalue weighted by Gasteiger charge is 2.25. The van der Waals surface area contributed by atoms with Crippen LogP contribution in [0.25, 0.3) is 0 Å². The molecule has 1 heterocycles. The second kappa shape index (κ2) is 6.16. The van der Waals surface area contributed by atoms with Gasteiger partial charge < -0.3 is 15.1 Å². The fourth-order valence-corrected chi connectivity index (χ4v) is 2.30. The average Bonchev–Trinajstić information content (AvgIpc) is 2.35. The number of hydrogen-bond donors (Lipinski definition) is 2. The number of aromatic nitrogens is 1. The van der Waals surface area contributed by atoms with E-state index in [2.05, 4.69) is 9.88 Å². The highest BCUT2D eigenvalue weighted by atomic mass is 16.3. The van der Waals surface area contributed by atoms with Gasteiger partial charge in [-0.2, -0.15) is 0 Å². The molecular weight excluding hydrogens is 228 g/mol. The minimum atomic E-state index is -0.478. The van der Waals surface area contributed by atoms with Crippen LogP contribution in [0.3, 0.4) is 0 Å². The van der Waals surface area contributed by atoms with Gasteiger partial charge in [0.25, 0.3) is 0 Å². The minimum absolute atomic E-state index is 0.163. The zero-order valence-electron chi connectivity index (χ0n) is 10.9. The molecule has 0 aliphatic heterocycles. The van der Waals surface area contributed by atoms with Crippen molar-refractivity contribution in [2.45, 2.75) is 44.8 Å². The molecule has 0 aromatic carbocycles. The largest absolute Gasteiger partial charge is 0.395 e. The van der Waals surface area contributed by atoms with Crippen LogP contribution in [0.1, 0.15) is 44.4 Å². The Bertz CT molecular complexity index is 363. The number of aliphatic hydroxyl groups excluding tert-OH is 2. The molecule has 4 heteroatoms. The summed E-state index contributed by atoms with van der Waals surface area (Å²) in [5.41, 5.74) is 1.76. The van der Waals surface area contributed by atoms with E-state index in [0.717, 1.165) is 11.4 Å². The first-order chi connectivity index (χ1) is 8.76. The normalized spacial score (nSPS) is 17.3. The lowest BCUT2D eigenvalue weighted by Gasteiger charge is -2.38. The van der Waals surface area contributed by atoms with E-state index in [4.69, 9.17) is 5.11 Å². The van der Waals surface area contributed by atoms with Crippen LogP contribution < -0.4 is 4.90 Å². The maximum absolute atomic E-state index is 9.71. The Kier molecular flexibility index (Phi) is 4.55. The Morgan fingerprint density at radius 3 is 2.67 bits per heavy atom. The first-order valence-electron chi connectivity index (χ1n) is 6.77. The predicted molar refractivity (Wildman–Crippen MR) is 71.6 cm³/mol. The SMILES string of the molecule is CCC(O)c1ccc(N(CCO)C2CCC2)cn1. The van der Waals surface area contributed by atoms with Crippen molar-refractivity contribution in [2.75, 3.05) is 18.1 Å². The monoisotopic (exact) mass is 250 g/mol. The van der Waals surface area contributed by atoms with Gasteiger partial charge in [0.1, 0.15) is 0 Å². The molecule has 0 spiro atoms. The highest BCUT2D eigenvalue weighted by molar-refractivity contribution is 5.46. The van der Waals surface area contributed by atoms with Crippen LogP contribution in [0.4, 0.5) is 5.69 Å². The molecule has 0 saturated heterocycles. The zero-order chi connectivity index (χ0) is 13.0. The van der Waals surface area contributed by atoms with Gasteiger partial charge >= 0.3 is 0 Å². The summed E-state index contributed by atoms with van der Waals surface area (Å²) in [6, 6.07) is 4.42. The van der Waals surface area contributed by atoms with Crippen LogP contribution in [0.15, 0.2) is 18.3 Å². The van der Waals surface area contributed by atoms with E-state index in [0.29, 0.717) is 19.0 Å². The van der Waals surface area contributed by atoms with Gasteiger partial charge in [-0.1, -0.05) is 6.92 Å². The molecule has 100 valence electrons. The number of hydrogen-bond acceptors (Lipinski definition) is 4. The summed E-state index contributed by atoms with van der Waals surface area (Å²) in [5.74, 6) is 0. The van der Waals surface area contributed by atoms with Gasteiger partial charge in [-0.25, -0.2) is 0 Å². The van der Waals surface area contributed by atoms with E-state index in [1.54, 1.807) is 0 Å². The van der Waals surface area contributed by atoms with E-state index in [-0.39, 0.29) is 6.61 Å². The van der Waals surface area contributed by atoms with E-state index in [9.17, 15) is 5.11 Å². The van der Waals surface area contributed by atoms with Crippen molar-refractivity contribution in [3.05, 3.63) is 24.0 Å². The van der Waals surface area contributed by atoms with Gasteiger partial charge in [-0.15, -0.1) is 0 Å². The Labute approximate surface area is 108 Å². The predicted octanol–water partition coefficient (Wildman–Crippen LogP) is 1.88. The number of aliphatic hydroxyl groups is 2. The molecule has 0 bridgehead atoms. The van der Waals surface area contributed by atoms with Crippen LogP contribution in [-0.2, 0) is 0 Å². The molecule has 18 heavy (non-hydrogen) atoms. The second-order valence-electron chi connectivity index (χ2n) is 4.87. The third-order valence-electron chi connectivity index (χ3n) is 3.69. The zero-order valence-corrected chi connectivity index (χ0v) is 10.9. The van der Waals surface area contributed by atoms with Gasteiger partial charge in [0.2, 0.25) is 0 Å². The topological polar surface area (TPSA) is 56.6 Å². The Morgan fingerprint density at radius 1 is 1.44 bits per heavy atom. The standard InChI is InChI=1S/C14H22N2O2/c1-2-14(18)13-7-6-12(10-15-13)16(8-9-17)11-4-3-5-11/h6-7,10-11,14,17-18H,2-5,8-9H2,1H3. The smallest absolute Gasteiger partial charge is 0.0957 e. The fraction of sp³-hybridized carbons (Fsp3) is 0.643. The van der Waals surface area contributed by atoms with Crippen molar-refractivity contribution in [2.24, 2.45) is 0 Å². The van der Waals surface area contributed by atoms with Crippen molar-refractivity contribution >= 4 is 5.69 Å². The Hall–Kier alpha value is -1.13. The van der Waals surface area contributed by atoms with E-state index >= 15 is 0 Å². The summed E-state index contributed by atoms with van der Waals surface area (Å²) in [7, 11) is 0. The molecule has 1 aliphatic carbocycles. The Balaban J connectivity index is 2.10. The highest BCUT2D eigenvalue weighted by Crippen LogP contribution is 2.29. The summed E-state index contributed by atoms with van der Waals surface area (Å²) in [6.07, 6.45) is 5.66. The van der Waals surface area contributed by atoms with E-state index in [1.165, 1.54) is 19.3 Å². The first kappa shape index (κ1) is 13.3. The average molecular weight is 250 g/mol. The number of pyridine rings is 1. The second-order valence-corrected chi connectivity index (χ2v) is 4.87. The van der Waals surface area contributed by atoms with Crippen molar-refractivity contribution in [1.82, 2.24) is 4.98 Å². The lowest BCUT2D eigenvalue weighted by Crippen LogP contribution is -2.42. The molecule has 2 rings (SSSR count). The van der Waals surface area contributed by atoms with Gasteiger partial charge in [-0.3, -0.25) is 4.98 Å². The fourth-order valence-electron chi connectivity index (χ4n) is 2.30. The number of anilines is 1. The number of rotatable bonds is 6. The summed E-state index contributed by atoms with van der Waals surface area (Å²) in [5, 5.41) is 18.9. The van der Waals surface area contributed by atoms with Crippen molar-refractivity contribution in [3.8, 4) is 0 Å². The number of nitrogens with zero attached hydrogens (tertiary/aromatic N) is 2. The summed E-state index contributed by atoms with van der Waals surface area (Å²) in [4.78, 5) is 6.54. The molecule has 1 unspecified atom stereocenters. The van der Waals surface area contributed by atoms with Gasteiger partial charge in [0.15, 0.2) is 0 Å². The molecule has 1 fully saturated rings. The third kappa shape index (κ3) is 2.82. The van der Waals surface area contributed by atoms with Crippen LogP contribution in [-0.4, -0.2) is 34.4 Å². The van der Waals surface area contributed by atoms with Crippen molar-refractivity contribution in [1.29, 1.82) is 0 Å². The molecule has 1 aromatic rings. The summed E-state index contributed by atoms with van der Waals surface area (Å²) in [6.45, 7) is 2.75. The molecule has 1 saturated carbocycles. The maximum atomic E-state index is 9.71. The summed E-state index contributed by atoms with van der Waals surface area (Å²) >= 11 is 0. The van der Waals surface area contributed by atoms with Gasteiger partial charge in [0, 0.05) is 12.6 Å². The first-order valence-corrected chi connectivity index (χ1v) is 6.77. The van der Waals surface area contributed by atoms with Crippen LogP contribution >= 0.6 is 0 Å². The van der Waals surface area contributed by atoms with Gasteiger partial charge in [-0.05, 0) is 37.8 Å². The molecule has 1 aliphatic rings. The lowest BCUT2D eigenvalue weighted by atomic mass is 9.91. The quantitative estimate of drug-likeness (QED) is 0.809. The van der Waals surface area contributed by atoms with E-state index in [1.807, 2.05) is 25.3 Å². The molecule has 2 N–H and O–H groups in total. The molecule has 0 radical (unpaired) electrons. The van der Waals surface area contributed by atoms with Crippen LogP contribution in [0.2, 0.25) is 0 Å². The maximum Gasteiger partial charge on any atom is 0.0957 e. The van der Waals surface area contributed by atoms with Crippen LogP contribution in [0, 0.1) is 0 Å². The van der Waals surface area contributed by atoms with Crippen molar-refractivity contribution < 1.29 is 10.2 Å². The molecule has 4 nitrogen and oxygen atoms in total. The van der Waals surface area contributed by atoms with Gasteiger partial charge in [0.05, 0.1) is 30.3 Å². The Morgan fingerprint density at radius 2 is 2.22 bits per heavy atom. The lowest BCUT2D eigenvalue weighted by molar-refractivity contribution is 0.169. The molecule has 1 atom stereocenters.